The van der Waals surface area contributed by atoms with Crippen LogP contribution in [-0.4, -0.2) is 74.4 Å². The summed E-state index contributed by atoms with van der Waals surface area (Å²) in [6, 6.07) is 20.0. The molecule has 0 atom stereocenters. The van der Waals surface area contributed by atoms with E-state index in [1.807, 2.05) is 53.4 Å². The normalized spacial score (nSPS) is 15.0. The number of amides is 1. The number of aromatic nitrogens is 4. The zero-order chi connectivity index (χ0) is 20.6. The van der Waals surface area contributed by atoms with Crippen LogP contribution in [-0.2, 0) is 4.79 Å². The number of hydrogen-bond donors (Lipinski definition) is 0. The predicted molar refractivity (Wildman–Crippen MR) is 118 cm³/mol. The molecule has 1 aromatic heterocycles. The lowest BCUT2D eigenvalue weighted by Crippen LogP contribution is -2.49. The third-order valence-corrected chi connectivity index (χ3v) is 5.87. The molecule has 1 saturated heterocycles. The SMILES string of the molecule is O=C(CSc1nnnn1-c1ccccc1)N1CCN(C/C=C/c2ccccc2)CC1. The number of rotatable bonds is 7. The number of piperazine rings is 1. The van der Waals surface area contributed by atoms with Crippen molar-refractivity contribution in [1.29, 1.82) is 0 Å². The molecule has 7 nitrogen and oxygen atoms in total. The van der Waals surface area contributed by atoms with Crippen molar-refractivity contribution < 1.29 is 4.79 Å². The summed E-state index contributed by atoms with van der Waals surface area (Å²) in [4.78, 5) is 16.9. The van der Waals surface area contributed by atoms with Gasteiger partial charge in [0.1, 0.15) is 0 Å². The number of nitrogens with zero attached hydrogens (tertiary/aromatic N) is 6. The van der Waals surface area contributed by atoms with Crippen molar-refractivity contribution >= 4 is 23.7 Å². The Morgan fingerprint density at radius 2 is 1.67 bits per heavy atom. The highest BCUT2D eigenvalue weighted by Crippen LogP contribution is 2.18. The van der Waals surface area contributed by atoms with Gasteiger partial charge in [0, 0.05) is 32.7 Å². The first kappa shape index (κ1) is 20.3. The topological polar surface area (TPSA) is 67.2 Å². The van der Waals surface area contributed by atoms with Crippen LogP contribution < -0.4 is 0 Å². The smallest absolute Gasteiger partial charge is 0.233 e. The average molecular weight is 421 g/mol. The van der Waals surface area contributed by atoms with Crippen LogP contribution >= 0.6 is 11.8 Å². The van der Waals surface area contributed by atoms with Gasteiger partial charge in [-0.3, -0.25) is 9.69 Å². The summed E-state index contributed by atoms with van der Waals surface area (Å²) in [6.07, 6.45) is 4.33. The van der Waals surface area contributed by atoms with Crippen LogP contribution in [0, 0.1) is 0 Å². The van der Waals surface area contributed by atoms with E-state index in [9.17, 15) is 4.79 Å². The van der Waals surface area contributed by atoms with E-state index in [2.05, 4.69) is 44.7 Å². The molecule has 2 aromatic carbocycles. The Hall–Kier alpha value is -2.97. The standard InChI is InChI=1S/C22H24N6OS/c29-21(18-30-22-23-24-25-28(22)20-11-5-2-6-12-20)27-16-14-26(15-17-27)13-7-10-19-8-3-1-4-9-19/h1-12H,13-18H2/b10-7+. The molecule has 0 aliphatic carbocycles. The highest BCUT2D eigenvalue weighted by Gasteiger charge is 2.21. The second kappa shape index (κ2) is 10.2. The van der Waals surface area contributed by atoms with Gasteiger partial charge in [0.15, 0.2) is 0 Å². The van der Waals surface area contributed by atoms with Crippen molar-refractivity contribution in [3.05, 3.63) is 72.3 Å². The number of carbonyl (C=O) groups excluding carboxylic acids is 1. The fraction of sp³-hybridized carbons (Fsp3) is 0.273. The minimum absolute atomic E-state index is 0.127. The first-order valence-electron chi connectivity index (χ1n) is 9.98. The first-order valence-corrected chi connectivity index (χ1v) is 11.0. The molecule has 1 aliphatic rings. The molecule has 3 aromatic rings. The van der Waals surface area contributed by atoms with E-state index >= 15 is 0 Å². The Morgan fingerprint density at radius 1 is 0.967 bits per heavy atom. The molecule has 0 bridgehead atoms. The van der Waals surface area contributed by atoms with Crippen LogP contribution in [0.5, 0.6) is 0 Å². The van der Waals surface area contributed by atoms with E-state index in [-0.39, 0.29) is 5.91 Å². The molecule has 2 heterocycles. The maximum absolute atomic E-state index is 12.6. The molecule has 0 spiro atoms. The van der Waals surface area contributed by atoms with E-state index in [0.29, 0.717) is 10.9 Å². The van der Waals surface area contributed by atoms with E-state index in [4.69, 9.17) is 0 Å². The number of benzene rings is 2. The highest BCUT2D eigenvalue weighted by molar-refractivity contribution is 7.99. The van der Waals surface area contributed by atoms with Gasteiger partial charge in [0.2, 0.25) is 11.1 Å². The van der Waals surface area contributed by atoms with Gasteiger partial charge >= 0.3 is 0 Å². The maximum Gasteiger partial charge on any atom is 0.233 e. The van der Waals surface area contributed by atoms with Gasteiger partial charge in [0.05, 0.1) is 11.4 Å². The van der Waals surface area contributed by atoms with Gasteiger partial charge in [0.25, 0.3) is 0 Å². The van der Waals surface area contributed by atoms with Crippen LogP contribution in [0.15, 0.2) is 71.9 Å². The van der Waals surface area contributed by atoms with Gasteiger partial charge in [-0.15, -0.1) is 5.10 Å². The molecule has 0 N–H and O–H groups in total. The largest absolute Gasteiger partial charge is 0.339 e. The lowest BCUT2D eigenvalue weighted by Gasteiger charge is -2.34. The zero-order valence-electron chi connectivity index (χ0n) is 16.7. The van der Waals surface area contributed by atoms with E-state index < -0.39 is 0 Å². The quantitative estimate of drug-likeness (QED) is 0.548. The molecular formula is C22H24N6OS. The van der Waals surface area contributed by atoms with Crippen LogP contribution in [0.4, 0.5) is 0 Å². The fourth-order valence-electron chi connectivity index (χ4n) is 3.30. The molecule has 0 saturated carbocycles. The summed E-state index contributed by atoms with van der Waals surface area (Å²) in [5.41, 5.74) is 2.09. The van der Waals surface area contributed by atoms with Gasteiger partial charge in [-0.2, -0.15) is 4.68 Å². The molecule has 8 heteroatoms. The van der Waals surface area contributed by atoms with Crippen molar-refractivity contribution in [2.24, 2.45) is 0 Å². The second-order valence-corrected chi connectivity index (χ2v) is 7.93. The van der Waals surface area contributed by atoms with Crippen molar-refractivity contribution in [1.82, 2.24) is 30.0 Å². The third-order valence-electron chi connectivity index (χ3n) is 4.96. The number of para-hydroxylation sites is 1. The fourth-order valence-corrected chi connectivity index (χ4v) is 4.09. The van der Waals surface area contributed by atoms with E-state index in [1.54, 1.807) is 4.68 Å². The van der Waals surface area contributed by atoms with E-state index in [0.717, 1.165) is 38.4 Å². The first-order chi connectivity index (χ1) is 14.8. The second-order valence-electron chi connectivity index (χ2n) is 6.99. The highest BCUT2D eigenvalue weighted by atomic mass is 32.2. The van der Waals surface area contributed by atoms with Crippen LogP contribution in [0.25, 0.3) is 11.8 Å². The molecule has 1 fully saturated rings. The van der Waals surface area contributed by atoms with E-state index in [1.165, 1.54) is 17.3 Å². The van der Waals surface area contributed by atoms with Gasteiger partial charge in [-0.1, -0.05) is 72.4 Å². The Morgan fingerprint density at radius 3 is 2.40 bits per heavy atom. The molecular weight excluding hydrogens is 396 g/mol. The zero-order valence-corrected chi connectivity index (χ0v) is 17.5. The molecule has 154 valence electrons. The Labute approximate surface area is 180 Å². The van der Waals surface area contributed by atoms with Crippen molar-refractivity contribution in [3.63, 3.8) is 0 Å². The summed E-state index contributed by atoms with van der Waals surface area (Å²) in [6.45, 7) is 4.18. The lowest BCUT2D eigenvalue weighted by atomic mass is 10.2. The van der Waals surface area contributed by atoms with Crippen LogP contribution in [0.2, 0.25) is 0 Å². The van der Waals surface area contributed by atoms with Gasteiger partial charge in [-0.25, -0.2) is 0 Å². The van der Waals surface area contributed by atoms with Crippen LogP contribution in [0.3, 0.4) is 0 Å². The molecule has 30 heavy (non-hydrogen) atoms. The maximum atomic E-state index is 12.6. The van der Waals surface area contributed by atoms with Crippen molar-refractivity contribution in [2.45, 2.75) is 5.16 Å². The number of hydrogen-bond acceptors (Lipinski definition) is 6. The molecule has 1 amide bonds. The summed E-state index contributed by atoms with van der Waals surface area (Å²) < 4.78 is 1.66. The van der Waals surface area contributed by atoms with Crippen molar-refractivity contribution in [3.8, 4) is 5.69 Å². The monoisotopic (exact) mass is 420 g/mol. The van der Waals surface area contributed by atoms with Gasteiger partial charge < -0.3 is 4.90 Å². The summed E-state index contributed by atoms with van der Waals surface area (Å²) in [5, 5.41) is 12.5. The minimum Gasteiger partial charge on any atom is -0.339 e. The van der Waals surface area contributed by atoms with Gasteiger partial charge in [-0.05, 0) is 28.1 Å². The molecule has 0 radical (unpaired) electrons. The number of carbonyl (C=O) groups is 1. The molecule has 1 aliphatic heterocycles. The van der Waals surface area contributed by atoms with Crippen molar-refractivity contribution in [2.75, 3.05) is 38.5 Å². The minimum atomic E-state index is 0.127. The Bertz CT molecular complexity index is 968. The van der Waals surface area contributed by atoms with Crippen LogP contribution in [0.1, 0.15) is 5.56 Å². The third kappa shape index (κ3) is 5.34. The Balaban J connectivity index is 1.23. The molecule has 4 rings (SSSR count). The molecule has 0 unspecified atom stereocenters. The number of thioether (sulfide) groups is 1. The average Bonchev–Trinajstić information content (AvgIpc) is 3.28. The number of tetrazole rings is 1. The summed E-state index contributed by atoms with van der Waals surface area (Å²) >= 11 is 1.37. The predicted octanol–water partition coefficient (Wildman–Crippen LogP) is 2.61. The Kier molecular flexibility index (Phi) is 6.89. The lowest BCUT2D eigenvalue weighted by molar-refractivity contribution is -0.130. The summed E-state index contributed by atoms with van der Waals surface area (Å²) in [5.74, 6) is 0.461. The summed E-state index contributed by atoms with van der Waals surface area (Å²) in [7, 11) is 0.